The summed E-state index contributed by atoms with van der Waals surface area (Å²) >= 11 is 10.1. The number of hydrogen-bond acceptors (Lipinski definition) is 6. The van der Waals surface area contributed by atoms with E-state index < -0.39 is 0 Å². The second kappa shape index (κ2) is 11.3. The van der Waals surface area contributed by atoms with Crippen molar-refractivity contribution in [2.75, 3.05) is 5.75 Å². The van der Waals surface area contributed by atoms with E-state index in [0.29, 0.717) is 12.4 Å². The van der Waals surface area contributed by atoms with Gasteiger partial charge in [-0.2, -0.15) is 5.10 Å². The third kappa shape index (κ3) is 6.66. The van der Waals surface area contributed by atoms with Gasteiger partial charge in [-0.1, -0.05) is 53.7 Å². The average molecular weight is 605 g/mol. The molecule has 9 heteroatoms. The van der Waals surface area contributed by atoms with E-state index in [1.807, 2.05) is 48.5 Å². The lowest BCUT2D eigenvalue weighted by Crippen LogP contribution is -2.19. The number of fused-ring (bicyclic) bond motifs is 1. The molecule has 0 saturated carbocycles. The molecule has 0 aliphatic carbocycles. The van der Waals surface area contributed by atoms with Gasteiger partial charge >= 0.3 is 0 Å². The van der Waals surface area contributed by atoms with Gasteiger partial charge in [0.1, 0.15) is 12.4 Å². The number of benzene rings is 3. The van der Waals surface area contributed by atoms with Crippen molar-refractivity contribution in [1.82, 2.24) is 10.4 Å². The summed E-state index contributed by atoms with van der Waals surface area (Å²) in [6, 6.07) is 19.9. The largest absolute Gasteiger partial charge is 0.487 e. The molecule has 0 aliphatic rings. The summed E-state index contributed by atoms with van der Waals surface area (Å²) in [6.07, 6.45) is 1.60. The van der Waals surface area contributed by atoms with Crippen LogP contribution in [0.4, 0.5) is 0 Å². The first-order valence-electron chi connectivity index (χ1n) is 9.95. The van der Waals surface area contributed by atoms with E-state index in [-0.39, 0.29) is 11.7 Å². The van der Waals surface area contributed by atoms with E-state index in [2.05, 4.69) is 66.4 Å². The van der Waals surface area contributed by atoms with E-state index in [4.69, 9.17) is 4.74 Å². The highest BCUT2D eigenvalue weighted by Gasteiger charge is 2.10. The van der Waals surface area contributed by atoms with Crippen LogP contribution in [0.5, 0.6) is 5.75 Å². The fraction of sp³-hybridized carbons (Fsp3) is 0.125. The molecule has 168 valence electrons. The molecule has 5 nitrogen and oxygen atoms in total. The normalized spacial score (nSPS) is 11.2. The van der Waals surface area contributed by atoms with Gasteiger partial charge in [-0.3, -0.25) is 4.79 Å². The van der Waals surface area contributed by atoms with Crippen LogP contribution in [0.15, 0.2) is 79.1 Å². The zero-order valence-corrected chi connectivity index (χ0v) is 22.4. The topological polar surface area (TPSA) is 63.6 Å². The number of halogens is 2. The third-order valence-corrected chi connectivity index (χ3v) is 7.85. The maximum Gasteiger partial charge on any atom is 0.250 e. The van der Waals surface area contributed by atoms with E-state index >= 15 is 0 Å². The monoisotopic (exact) mass is 603 g/mol. The first-order valence-corrected chi connectivity index (χ1v) is 13.3. The van der Waals surface area contributed by atoms with Gasteiger partial charge in [0.2, 0.25) is 0 Å². The lowest BCUT2D eigenvalue weighted by molar-refractivity contribution is -0.118. The molecule has 0 atom stereocenters. The Kier molecular flexibility index (Phi) is 8.19. The summed E-state index contributed by atoms with van der Waals surface area (Å²) in [6.45, 7) is 2.52. The summed E-state index contributed by atoms with van der Waals surface area (Å²) in [5, 5.41) is 4.07. The van der Waals surface area contributed by atoms with Crippen molar-refractivity contribution in [2.24, 2.45) is 5.10 Å². The molecule has 0 unspecified atom stereocenters. The summed E-state index contributed by atoms with van der Waals surface area (Å²) in [4.78, 5) is 16.7. The van der Waals surface area contributed by atoms with Crippen LogP contribution in [-0.4, -0.2) is 22.9 Å². The molecule has 0 aliphatic heterocycles. The first kappa shape index (κ1) is 23.9. The number of nitrogens with zero attached hydrogens (tertiary/aromatic N) is 2. The number of ether oxygens (including phenoxy) is 1. The number of para-hydroxylation sites is 1. The van der Waals surface area contributed by atoms with E-state index in [9.17, 15) is 4.79 Å². The standard InChI is InChI=1S/C24H19Br2N3O2S2/c1-15-5-4-6-16(9-15)13-31-23-18(25)10-17(11-19(23)26)12-27-29-22(30)14-32-24-28-20-7-2-3-8-21(20)33-24/h2-12H,13-14H2,1H3,(H,29,30)/b27-12-. The number of hydrogen-bond donors (Lipinski definition) is 1. The summed E-state index contributed by atoms with van der Waals surface area (Å²) in [5.74, 6) is 0.771. The molecule has 1 N–H and O–H groups in total. The SMILES string of the molecule is Cc1cccc(COc2c(Br)cc(/C=N\NC(=O)CSc3nc4ccccc4s3)cc2Br)c1. The number of carbonyl (C=O) groups excluding carboxylic acids is 1. The molecule has 0 fully saturated rings. The molecule has 1 aromatic heterocycles. The molecule has 1 heterocycles. The number of carbonyl (C=O) groups is 1. The number of amides is 1. The van der Waals surface area contributed by atoms with E-state index in [1.54, 1.807) is 17.6 Å². The van der Waals surface area contributed by atoms with E-state index in [0.717, 1.165) is 34.6 Å². The Morgan fingerprint density at radius 2 is 1.94 bits per heavy atom. The van der Waals surface area contributed by atoms with Crippen LogP contribution in [0.1, 0.15) is 16.7 Å². The van der Waals surface area contributed by atoms with Crippen molar-refractivity contribution in [1.29, 1.82) is 0 Å². The minimum absolute atomic E-state index is 0.188. The lowest BCUT2D eigenvalue weighted by Gasteiger charge is -2.11. The molecule has 4 rings (SSSR count). The highest BCUT2D eigenvalue weighted by atomic mass is 79.9. The highest BCUT2D eigenvalue weighted by molar-refractivity contribution is 9.11. The summed E-state index contributed by atoms with van der Waals surface area (Å²) < 4.78 is 9.55. The number of thiazole rings is 1. The fourth-order valence-electron chi connectivity index (χ4n) is 3.00. The third-order valence-electron chi connectivity index (χ3n) is 4.49. The number of rotatable bonds is 8. The van der Waals surface area contributed by atoms with Gasteiger partial charge in [0.05, 0.1) is 31.1 Å². The predicted octanol–water partition coefficient (Wildman–Crippen LogP) is 6.95. The van der Waals surface area contributed by atoms with Crippen molar-refractivity contribution in [2.45, 2.75) is 17.9 Å². The van der Waals surface area contributed by atoms with Crippen LogP contribution in [-0.2, 0) is 11.4 Å². The Hall–Kier alpha value is -2.20. The van der Waals surface area contributed by atoms with Gasteiger partial charge in [-0.25, -0.2) is 10.4 Å². The van der Waals surface area contributed by atoms with Gasteiger partial charge in [0.15, 0.2) is 4.34 Å². The zero-order valence-electron chi connectivity index (χ0n) is 17.5. The maximum atomic E-state index is 12.1. The Bertz CT molecular complexity index is 1270. The van der Waals surface area contributed by atoms with Crippen molar-refractivity contribution < 1.29 is 9.53 Å². The van der Waals surface area contributed by atoms with Gasteiger partial charge < -0.3 is 4.74 Å². The van der Waals surface area contributed by atoms with Crippen molar-refractivity contribution >= 4 is 77.3 Å². The average Bonchev–Trinajstić information content (AvgIpc) is 3.20. The maximum absolute atomic E-state index is 12.1. The number of nitrogens with one attached hydrogen (secondary N) is 1. The van der Waals surface area contributed by atoms with Crippen LogP contribution in [0.2, 0.25) is 0 Å². The Labute approximate surface area is 216 Å². The van der Waals surface area contributed by atoms with Crippen molar-refractivity contribution in [3.05, 3.63) is 86.3 Å². The molecule has 1 amide bonds. The number of aryl methyl sites for hydroxylation is 1. The molecular formula is C24H19Br2N3O2S2. The Morgan fingerprint density at radius 1 is 1.15 bits per heavy atom. The van der Waals surface area contributed by atoms with Crippen LogP contribution in [0.25, 0.3) is 10.2 Å². The molecule has 33 heavy (non-hydrogen) atoms. The minimum atomic E-state index is -0.188. The van der Waals surface area contributed by atoms with Crippen LogP contribution >= 0.6 is 55.0 Å². The van der Waals surface area contributed by atoms with E-state index in [1.165, 1.54) is 17.3 Å². The smallest absolute Gasteiger partial charge is 0.250 e. The number of hydrazone groups is 1. The Balaban J connectivity index is 1.30. The highest BCUT2D eigenvalue weighted by Crippen LogP contribution is 2.35. The van der Waals surface area contributed by atoms with Crippen LogP contribution in [0.3, 0.4) is 0 Å². The first-order chi connectivity index (χ1) is 16.0. The molecule has 0 spiro atoms. The fourth-order valence-corrected chi connectivity index (χ4v) is 6.31. The minimum Gasteiger partial charge on any atom is -0.487 e. The number of aromatic nitrogens is 1. The lowest BCUT2D eigenvalue weighted by atomic mass is 10.1. The zero-order chi connectivity index (χ0) is 23.2. The van der Waals surface area contributed by atoms with Crippen molar-refractivity contribution in [3.8, 4) is 5.75 Å². The van der Waals surface area contributed by atoms with Crippen LogP contribution < -0.4 is 10.2 Å². The second-order valence-electron chi connectivity index (χ2n) is 7.12. The second-order valence-corrected chi connectivity index (χ2v) is 11.1. The van der Waals surface area contributed by atoms with Gasteiger partial charge in [0.25, 0.3) is 5.91 Å². The van der Waals surface area contributed by atoms with Gasteiger partial charge in [-0.15, -0.1) is 11.3 Å². The molecule has 0 radical (unpaired) electrons. The molecule has 0 saturated heterocycles. The van der Waals surface area contributed by atoms with Crippen LogP contribution in [0, 0.1) is 6.92 Å². The quantitative estimate of drug-likeness (QED) is 0.134. The molecule has 3 aromatic carbocycles. The molecule has 4 aromatic rings. The predicted molar refractivity (Wildman–Crippen MR) is 143 cm³/mol. The Morgan fingerprint density at radius 3 is 2.70 bits per heavy atom. The molecular weight excluding hydrogens is 586 g/mol. The molecule has 0 bridgehead atoms. The summed E-state index contributed by atoms with van der Waals surface area (Å²) in [7, 11) is 0. The summed E-state index contributed by atoms with van der Waals surface area (Å²) in [5.41, 5.74) is 6.63. The number of thioether (sulfide) groups is 1. The van der Waals surface area contributed by atoms with Gasteiger partial charge in [-0.05, 0) is 74.2 Å². The van der Waals surface area contributed by atoms with Crippen molar-refractivity contribution in [3.63, 3.8) is 0 Å². The van der Waals surface area contributed by atoms with Gasteiger partial charge in [0, 0.05) is 0 Å².